The summed E-state index contributed by atoms with van der Waals surface area (Å²) in [6.07, 6.45) is 1.27. The summed E-state index contributed by atoms with van der Waals surface area (Å²) in [6, 6.07) is 6.59. The predicted octanol–water partition coefficient (Wildman–Crippen LogP) is 2.86. The second-order valence-electron chi connectivity index (χ2n) is 4.85. The van der Waals surface area contributed by atoms with Crippen molar-refractivity contribution in [3.05, 3.63) is 35.0 Å². The summed E-state index contributed by atoms with van der Waals surface area (Å²) in [6.45, 7) is 6.66. The Hall–Kier alpha value is -1.28. The molecule has 1 saturated heterocycles. The van der Waals surface area contributed by atoms with Crippen LogP contribution in [0.1, 0.15) is 29.2 Å². The lowest BCUT2D eigenvalue weighted by atomic mass is 9.95. The van der Waals surface area contributed by atoms with Crippen LogP contribution >= 0.6 is 0 Å². The molecule has 0 spiro atoms. The lowest BCUT2D eigenvalue weighted by molar-refractivity contribution is 0.763. The molecule has 84 valence electrons. The summed E-state index contributed by atoms with van der Waals surface area (Å²) in [5, 5.41) is 4.88. The molecule has 0 radical (unpaired) electrons. The number of rotatable bonds is 1. The summed E-state index contributed by atoms with van der Waals surface area (Å²) < 4.78 is 0. The van der Waals surface area contributed by atoms with Gasteiger partial charge in [0, 0.05) is 23.1 Å². The molecule has 16 heavy (non-hydrogen) atoms. The Morgan fingerprint density at radius 1 is 1.25 bits per heavy atom. The average molecular weight is 214 g/mol. The van der Waals surface area contributed by atoms with E-state index in [4.69, 9.17) is 0 Å². The van der Waals surface area contributed by atoms with Crippen molar-refractivity contribution in [1.82, 2.24) is 10.3 Å². The normalized spacial score (nSPS) is 20.8. The predicted molar refractivity (Wildman–Crippen MR) is 68.0 cm³/mol. The molecule has 2 nitrogen and oxygen atoms in total. The van der Waals surface area contributed by atoms with Crippen LogP contribution in [0.4, 0.5) is 0 Å². The summed E-state index contributed by atoms with van der Waals surface area (Å²) in [7, 11) is 0. The minimum atomic E-state index is 0.690. The van der Waals surface area contributed by atoms with Crippen molar-refractivity contribution in [3.8, 4) is 0 Å². The molecule has 1 aliphatic heterocycles. The molecule has 1 unspecified atom stereocenters. The van der Waals surface area contributed by atoms with Crippen LogP contribution in [0, 0.1) is 13.8 Å². The molecule has 2 aromatic rings. The number of aromatic nitrogens is 1. The van der Waals surface area contributed by atoms with E-state index < -0.39 is 0 Å². The van der Waals surface area contributed by atoms with Crippen LogP contribution in [0.5, 0.6) is 0 Å². The molecule has 2 heterocycles. The van der Waals surface area contributed by atoms with Crippen LogP contribution in [0.2, 0.25) is 0 Å². The van der Waals surface area contributed by atoms with Gasteiger partial charge < -0.3 is 10.3 Å². The van der Waals surface area contributed by atoms with E-state index in [2.05, 4.69) is 42.3 Å². The van der Waals surface area contributed by atoms with Gasteiger partial charge in [0.05, 0.1) is 0 Å². The van der Waals surface area contributed by atoms with Gasteiger partial charge in [0.1, 0.15) is 0 Å². The summed E-state index contributed by atoms with van der Waals surface area (Å²) in [5.41, 5.74) is 5.54. The van der Waals surface area contributed by atoms with Gasteiger partial charge in [-0.15, -0.1) is 0 Å². The number of para-hydroxylation sites is 1. The molecule has 0 bridgehead atoms. The Balaban J connectivity index is 2.22. The molecule has 1 fully saturated rings. The number of nitrogens with one attached hydrogen (secondary N) is 2. The number of aryl methyl sites for hydroxylation is 2. The third-order valence-corrected chi connectivity index (χ3v) is 3.75. The van der Waals surface area contributed by atoms with E-state index in [0.717, 1.165) is 13.1 Å². The van der Waals surface area contributed by atoms with Crippen molar-refractivity contribution in [2.75, 3.05) is 13.1 Å². The van der Waals surface area contributed by atoms with Crippen molar-refractivity contribution in [2.45, 2.75) is 26.2 Å². The smallest absolute Gasteiger partial charge is 0.0488 e. The highest BCUT2D eigenvalue weighted by molar-refractivity contribution is 5.87. The molecule has 0 saturated carbocycles. The highest BCUT2D eigenvalue weighted by Crippen LogP contribution is 2.33. The molecule has 3 rings (SSSR count). The van der Waals surface area contributed by atoms with Gasteiger partial charge in [0.15, 0.2) is 0 Å². The average Bonchev–Trinajstić information content (AvgIpc) is 2.85. The van der Waals surface area contributed by atoms with E-state index in [9.17, 15) is 0 Å². The summed E-state index contributed by atoms with van der Waals surface area (Å²) >= 11 is 0. The zero-order valence-electron chi connectivity index (χ0n) is 9.93. The van der Waals surface area contributed by atoms with E-state index in [1.807, 2.05) is 0 Å². The van der Waals surface area contributed by atoms with E-state index in [1.165, 1.54) is 34.1 Å². The monoisotopic (exact) mass is 214 g/mol. The van der Waals surface area contributed by atoms with Crippen molar-refractivity contribution >= 4 is 10.9 Å². The van der Waals surface area contributed by atoms with Gasteiger partial charge in [-0.25, -0.2) is 0 Å². The summed E-state index contributed by atoms with van der Waals surface area (Å²) in [5.74, 6) is 0.690. The van der Waals surface area contributed by atoms with Crippen LogP contribution < -0.4 is 5.32 Å². The SMILES string of the molecule is Cc1[nH]c2c(C)cccc2c1C1CCNC1. The van der Waals surface area contributed by atoms with Crippen molar-refractivity contribution in [2.24, 2.45) is 0 Å². The molecular formula is C14H18N2. The maximum absolute atomic E-state index is 3.54. The Labute approximate surface area is 96.1 Å². The first-order valence-electron chi connectivity index (χ1n) is 6.06. The van der Waals surface area contributed by atoms with E-state index in [0.29, 0.717) is 5.92 Å². The van der Waals surface area contributed by atoms with Gasteiger partial charge in [0.2, 0.25) is 0 Å². The summed E-state index contributed by atoms with van der Waals surface area (Å²) in [4.78, 5) is 3.54. The fourth-order valence-electron chi connectivity index (χ4n) is 2.94. The highest BCUT2D eigenvalue weighted by atomic mass is 14.9. The maximum Gasteiger partial charge on any atom is 0.0488 e. The van der Waals surface area contributed by atoms with Crippen LogP contribution in [0.15, 0.2) is 18.2 Å². The Kier molecular flexibility index (Phi) is 2.25. The van der Waals surface area contributed by atoms with Crippen LogP contribution in [0.3, 0.4) is 0 Å². The van der Waals surface area contributed by atoms with E-state index in [1.54, 1.807) is 0 Å². The number of aromatic amines is 1. The first-order valence-corrected chi connectivity index (χ1v) is 6.06. The zero-order chi connectivity index (χ0) is 11.1. The van der Waals surface area contributed by atoms with Crippen molar-refractivity contribution in [3.63, 3.8) is 0 Å². The standard InChI is InChI=1S/C14H18N2/c1-9-4-3-5-12-13(10(2)16-14(9)12)11-6-7-15-8-11/h3-5,11,15-16H,6-8H2,1-2H3. The molecule has 2 heteroatoms. The molecule has 1 atom stereocenters. The second kappa shape index (κ2) is 3.63. The fraction of sp³-hybridized carbons (Fsp3) is 0.429. The van der Waals surface area contributed by atoms with Gasteiger partial charge in [-0.1, -0.05) is 18.2 Å². The maximum atomic E-state index is 3.54. The number of benzene rings is 1. The van der Waals surface area contributed by atoms with Gasteiger partial charge in [-0.05, 0) is 43.9 Å². The van der Waals surface area contributed by atoms with Gasteiger partial charge in [-0.3, -0.25) is 0 Å². The largest absolute Gasteiger partial charge is 0.358 e. The quantitative estimate of drug-likeness (QED) is 0.750. The highest BCUT2D eigenvalue weighted by Gasteiger charge is 2.22. The van der Waals surface area contributed by atoms with E-state index >= 15 is 0 Å². The fourth-order valence-corrected chi connectivity index (χ4v) is 2.94. The molecule has 1 aromatic heterocycles. The van der Waals surface area contributed by atoms with Gasteiger partial charge in [0.25, 0.3) is 0 Å². The number of H-pyrrole nitrogens is 1. The lowest BCUT2D eigenvalue weighted by Crippen LogP contribution is -2.08. The minimum Gasteiger partial charge on any atom is -0.358 e. The Morgan fingerprint density at radius 3 is 2.88 bits per heavy atom. The van der Waals surface area contributed by atoms with Crippen LogP contribution in [0.25, 0.3) is 10.9 Å². The molecule has 2 N–H and O–H groups in total. The lowest BCUT2D eigenvalue weighted by Gasteiger charge is -2.08. The molecule has 0 amide bonds. The first kappa shape index (κ1) is 9.91. The molecular weight excluding hydrogens is 196 g/mol. The third kappa shape index (κ3) is 1.37. The number of hydrogen-bond acceptors (Lipinski definition) is 1. The molecule has 1 aromatic carbocycles. The van der Waals surface area contributed by atoms with Crippen molar-refractivity contribution in [1.29, 1.82) is 0 Å². The minimum absolute atomic E-state index is 0.690. The van der Waals surface area contributed by atoms with Gasteiger partial charge in [-0.2, -0.15) is 0 Å². The van der Waals surface area contributed by atoms with Crippen LogP contribution in [-0.4, -0.2) is 18.1 Å². The molecule has 0 aliphatic carbocycles. The second-order valence-corrected chi connectivity index (χ2v) is 4.85. The van der Waals surface area contributed by atoms with Crippen molar-refractivity contribution < 1.29 is 0 Å². The topological polar surface area (TPSA) is 27.8 Å². The van der Waals surface area contributed by atoms with Gasteiger partial charge >= 0.3 is 0 Å². The van der Waals surface area contributed by atoms with E-state index in [-0.39, 0.29) is 0 Å². The van der Waals surface area contributed by atoms with Crippen LogP contribution in [-0.2, 0) is 0 Å². The number of hydrogen-bond donors (Lipinski definition) is 2. The Bertz CT molecular complexity index is 519. The number of fused-ring (bicyclic) bond motifs is 1. The zero-order valence-corrected chi connectivity index (χ0v) is 9.93. The molecule has 1 aliphatic rings. The third-order valence-electron chi connectivity index (χ3n) is 3.75. The Morgan fingerprint density at radius 2 is 2.12 bits per heavy atom. The first-order chi connectivity index (χ1) is 7.77.